The maximum atomic E-state index is 12.7. The van der Waals surface area contributed by atoms with Gasteiger partial charge in [0.15, 0.2) is 6.61 Å². The summed E-state index contributed by atoms with van der Waals surface area (Å²) in [5.41, 5.74) is -0.243. The van der Waals surface area contributed by atoms with Gasteiger partial charge < -0.3 is 14.5 Å². The van der Waals surface area contributed by atoms with E-state index in [2.05, 4.69) is 9.97 Å². The van der Waals surface area contributed by atoms with Crippen molar-refractivity contribution in [3.05, 3.63) is 46.9 Å². The Balaban J connectivity index is 2.04. The zero-order chi connectivity index (χ0) is 18.7. The molecule has 0 aliphatic carbocycles. The molecular formula is C16H13F4N3O3. The van der Waals surface area contributed by atoms with Crippen LogP contribution in [0.1, 0.15) is 0 Å². The number of benzene rings is 1. The lowest BCUT2D eigenvalue weighted by Gasteiger charge is -2.14. The number of fused-ring (bicyclic) bond motifs is 1. The van der Waals surface area contributed by atoms with Crippen molar-refractivity contribution in [2.45, 2.75) is 6.18 Å². The third-order valence-corrected chi connectivity index (χ3v) is 3.36. The lowest BCUT2D eigenvalue weighted by molar-refractivity contribution is -0.155. The second-order valence-corrected chi connectivity index (χ2v) is 5.21. The number of aromatic amines is 1. The van der Waals surface area contributed by atoms with Crippen LogP contribution in [0.2, 0.25) is 0 Å². The smallest absolute Gasteiger partial charge is 0.422 e. The molecule has 1 N–H and O–H groups in total. The molecule has 0 unspecified atom stereocenters. The largest absolute Gasteiger partial charge is 0.491 e. The second-order valence-electron chi connectivity index (χ2n) is 5.21. The number of alkyl halides is 4. The highest BCUT2D eigenvalue weighted by molar-refractivity contribution is 5.75. The van der Waals surface area contributed by atoms with E-state index >= 15 is 0 Å². The fraction of sp³-hybridized carbons (Fsp3) is 0.250. The van der Waals surface area contributed by atoms with Crippen molar-refractivity contribution in [3.8, 4) is 17.4 Å². The summed E-state index contributed by atoms with van der Waals surface area (Å²) in [5.74, 6) is 0.355. The summed E-state index contributed by atoms with van der Waals surface area (Å²) >= 11 is 0. The maximum absolute atomic E-state index is 12.7. The summed E-state index contributed by atoms with van der Waals surface area (Å²) in [5, 5.41) is 0.196. The van der Waals surface area contributed by atoms with Crippen molar-refractivity contribution < 1.29 is 27.0 Å². The van der Waals surface area contributed by atoms with Gasteiger partial charge in [-0.1, -0.05) is 0 Å². The third-order valence-electron chi connectivity index (χ3n) is 3.36. The Labute approximate surface area is 144 Å². The predicted octanol–water partition coefficient (Wildman–Crippen LogP) is 3.00. The van der Waals surface area contributed by atoms with Gasteiger partial charge in [0.25, 0.3) is 5.56 Å². The van der Waals surface area contributed by atoms with Gasteiger partial charge in [-0.2, -0.15) is 18.2 Å². The Morgan fingerprint density at radius 2 is 1.85 bits per heavy atom. The summed E-state index contributed by atoms with van der Waals surface area (Å²) in [6.45, 7) is -2.38. The molecule has 2 aromatic heterocycles. The van der Waals surface area contributed by atoms with Crippen LogP contribution < -0.4 is 15.0 Å². The molecule has 0 atom stereocenters. The molecule has 0 spiro atoms. The van der Waals surface area contributed by atoms with Crippen LogP contribution in [0.5, 0.6) is 11.8 Å². The van der Waals surface area contributed by atoms with Gasteiger partial charge in [-0.05, 0) is 30.3 Å². The van der Waals surface area contributed by atoms with Gasteiger partial charge in [-0.15, -0.1) is 0 Å². The van der Waals surface area contributed by atoms with E-state index in [9.17, 15) is 22.4 Å². The molecule has 0 fully saturated rings. The first kappa shape index (κ1) is 17.8. The van der Waals surface area contributed by atoms with Gasteiger partial charge >= 0.3 is 12.2 Å². The van der Waals surface area contributed by atoms with Crippen molar-refractivity contribution in [2.24, 2.45) is 0 Å². The zero-order valence-electron chi connectivity index (χ0n) is 13.2. The van der Waals surface area contributed by atoms with E-state index in [1.165, 1.54) is 36.5 Å². The van der Waals surface area contributed by atoms with Crippen molar-refractivity contribution >= 4 is 11.0 Å². The number of rotatable bonds is 6. The number of aromatic nitrogens is 3. The normalized spacial score (nSPS) is 11.7. The molecule has 3 aromatic rings. The van der Waals surface area contributed by atoms with Crippen molar-refractivity contribution in [2.75, 3.05) is 19.9 Å². The maximum Gasteiger partial charge on any atom is 0.422 e. The lowest BCUT2D eigenvalue weighted by atomic mass is 10.3. The summed E-state index contributed by atoms with van der Waals surface area (Å²) < 4.78 is 60.4. The van der Waals surface area contributed by atoms with Crippen LogP contribution in [0.15, 0.2) is 41.3 Å². The van der Waals surface area contributed by atoms with Crippen molar-refractivity contribution in [1.29, 1.82) is 0 Å². The Hall–Kier alpha value is -3.04. The molecule has 3 rings (SSSR count). The number of nitrogens with one attached hydrogen (secondary N) is 1. The van der Waals surface area contributed by atoms with Crippen LogP contribution in [0, 0.1) is 0 Å². The molecule has 0 aliphatic heterocycles. The molecule has 2 heterocycles. The number of hydrogen-bond donors (Lipinski definition) is 1. The number of hydrogen-bond acceptors (Lipinski definition) is 4. The molecule has 1 aromatic carbocycles. The SMILES string of the molecule is O=c1c2cc[nH]c2nc(OCC(F)(F)F)n1-c1ccc(OCCF)cc1. The number of ether oxygens (including phenoxy) is 2. The summed E-state index contributed by atoms with van der Waals surface area (Å²) in [6.07, 6.45) is -3.14. The van der Waals surface area contributed by atoms with E-state index in [-0.39, 0.29) is 23.3 Å². The molecule has 0 saturated heterocycles. The number of nitrogens with zero attached hydrogens (tertiary/aromatic N) is 2. The minimum atomic E-state index is -4.59. The summed E-state index contributed by atoms with van der Waals surface area (Å²) in [4.78, 5) is 19.3. The van der Waals surface area contributed by atoms with Crippen LogP contribution in [0.25, 0.3) is 16.7 Å². The van der Waals surface area contributed by atoms with Crippen LogP contribution in [-0.2, 0) is 0 Å². The third kappa shape index (κ3) is 3.79. The average Bonchev–Trinajstić information content (AvgIpc) is 3.07. The van der Waals surface area contributed by atoms with Gasteiger partial charge in [0.1, 0.15) is 24.7 Å². The minimum absolute atomic E-state index is 0.117. The van der Waals surface area contributed by atoms with E-state index in [1.54, 1.807) is 0 Å². The molecule has 0 saturated carbocycles. The van der Waals surface area contributed by atoms with Gasteiger partial charge in [-0.3, -0.25) is 4.79 Å². The van der Waals surface area contributed by atoms with E-state index < -0.39 is 31.0 Å². The van der Waals surface area contributed by atoms with Crippen LogP contribution >= 0.6 is 0 Å². The first-order valence-electron chi connectivity index (χ1n) is 7.48. The van der Waals surface area contributed by atoms with Crippen LogP contribution in [-0.4, -0.2) is 40.6 Å². The molecule has 138 valence electrons. The molecular weight excluding hydrogens is 358 g/mol. The Kier molecular flexibility index (Phi) is 4.83. The van der Waals surface area contributed by atoms with E-state index in [1.807, 2.05) is 0 Å². The first-order chi connectivity index (χ1) is 12.4. The summed E-state index contributed by atoms with van der Waals surface area (Å²) in [7, 11) is 0. The highest BCUT2D eigenvalue weighted by Crippen LogP contribution is 2.22. The number of halogens is 4. The fourth-order valence-electron chi connectivity index (χ4n) is 2.30. The highest BCUT2D eigenvalue weighted by atomic mass is 19.4. The van der Waals surface area contributed by atoms with Crippen molar-refractivity contribution in [3.63, 3.8) is 0 Å². The Morgan fingerprint density at radius 1 is 1.12 bits per heavy atom. The minimum Gasteiger partial charge on any atom is -0.491 e. The van der Waals surface area contributed by atoms with Crippen LogP contribution in [0.4, 0.5) is 17.6 Å². The monoisotopic (exact) mass is 371 g/mol. The second kappa shape index (κ2) is 7.06. The summed E-state index contributed by atoms with van der Waals surface area (Å²) in [6, 6.07) is 6.77. The van der Waals surface area contributed by atoms with Crippen LogP contribution in [0.3, 0.4) is 0 Å². The van der Waals surface area contributed by atoms with Gasteiger partial charge in [0.05, 0.1) is 11.1 Å². The average molecular weight is 371 g/mol. The quantitative estimate of drug-likeness (QED) is 0.677. The van der Waals surface area contributed by atoms with Crippen molar-refractivity contribution in [1.82, 2.24) is 14.5 Å². The predicted molar refractivity (Wildman–Crippen MR) is 84.7 cm³/mol. The van der Waals surface area contributed by atoms with E-state index in [0.29, 0.717) is 5.75 Å². The molecule has 26 heavy (non-hydrogen) atoms. The molecule has 0 amide bonds. The van der Waals surface area contributed by atoms with Gasteiger partial charge in [0, 0.05) is 6.20 Å². The molecule has 6 nitrogen and oxygen atoms in total. The van der Waals surface area contributed by atoms with E-state index in [4.69, 9.17) is 9.47 Å². The van der Waals surface area contributed by atoms with Gasteiger partial charge in [-0.25, -0.2) is 8.96 Å². The standard InChI is InChI=1S/C16H13F4N3O3/c17-6-8-25-11-3-1-10(2-4-11)23-14(24)12-5-7-21-13(12)22-15(23)26-9-16(18,19)20/h1-5,7,21H,6,8-9H2. The van der Waals surface area contributed by atoms with E-state index in [0.717, 1.165) is 4.57 Å². The van der Waals surface area contributed by atoms with Gasteiger partial charge in [0.2, 0.25) is 0 Å². The fourth-order valence-corrected chi connectivity index (χ4v) is 2.30. The number of H-pyrrole nitrogens is 1. The lowest BCUT2D eigenvalue weighted by Crippen LogP contribution is -2.26. The zero-order valence-corrected chi connectivity index (χ0v) is 13.2. The first-order valence-corrected chi connectivity index (χ1v) is 7.48. The topological polar surface area (TPSA) is 69.1 Å². The molecule has 10 heteroatoms. The molecule has 0 radical (unpaired) electrons. The highest BCUT2D eigenvalue weighted by Gasteiger charge is 2.30. The Bertz CT molecular complexity index is 948. The molecule has 0 aliphatic rings. The molecule has 0 bridgehead atoms. The Morgan fingerprint density at radius 3 is 2.50 bits per heavy atom.